The van der Waals surface area contributed by atoms with Gasteiger partial charge >= 0.3 is 5.97 Å². The van der Waals surface area contributed by atoms with E-state index < -0.39 is 5.97 Å². The molecule has 0 aromatic carbocycles. The van der Waals surface area contributed by atoms with Crippen molar-refractivity contribution in [2.24, 2.45) is 17.6 Å². The quantitative estimate of drug-likeness (QED) is 0.720. The van der Waals surface area contributed by atoms with Crippen LogP contribution in [0.5, 0.6) is 0 Å². The third kappa shape index (κ3) is 6.46. The molecule has 1 heterocycles. The molecule has 5 heteroatoms. The van der Waals surface area contributed by atoms with E-state index in [0.717, 1.165) is 32.2 Å². The fourth-order valence-electron chi connectivity index (χ4n) is 3.21. The maximum atomic E-state index is 12.5. The minimum Gasteiger partial charge on any atom is -0.481 e. The van der Waals surface area contributed by atoms with Crippen LogP contribution in [0, 0.1) is 11.8 Å². The molecule has 0 aliphatic carbocycles. The van der Waals surface area contributed by atoms with Crippen LogP contribution in [-0.4, -0.2) is 41.0 Å². The van der Waals surface area contributed by atoms with E-state index in [-0.39, 0.29) is 24.3 Å². The third-order valence-electron chi connectivity index (χ3n) is 4.24. The van der Waals surface area contributed by atoms with Crippen LogP contribution in [0.25, 0.3) is 0 Å². The lowest BCUT2D eigenvalue weighted by Crippen LogP contribution is -2.45. The van der Waals surface area contributed by atoms with E-state index in [0.29, 0.717) is 25.3 Å². The predicted molar refractivity (Wildman–Crippen MR) is 82.8 cm³/mol. The van der Waals surface area contributed by atoms with E-state index in [1.165, 1.54) is 0 Å². The first-order chi connectivity index (χ1) is 9.93. The number of nitrogens with two attached hydrogens (primary N) is 1. The highest BCUT2D eigenvalue weighted by Gasteiger charge is 2.28. The van der Waals surface area contributed by atoms with Gasteiger partial charge in [-0.3, -0.25) is 9.59 Å². The summed E-state index contributed by atoms with van der Waals surface area (Å²) in [5.41, 5.74) is 5.78. The van der Waals surface area contributed by atoms with Gasteiger partial charge in [0, 0.05) is 25.4 Å². The highest BCUT2D eigenvalue weighted by Crippen LogP contribution is 2.24. The molecule has 1 aliphatic rings. The molecule has 0 spiro atoms. The maximum Gasteiger partial charge on any atom is 0.303 e. The Kier molecular flexibility index (Phi) is 7.72. The van der Waals surface area contributed by atoms with Crippen molar-refractivity contribution in [1.29, 1.82) is 0 Å². The lowest BCUT2D eigenvalue weighted by molar-refractivity contribution is -0.140. The summed E-state index contributed by atoms with van der Waals surface area (Å²) < 4.78 is 0. The van der Waals surface area contributed by atoms with Gasteiger partial charge in [-0.15, -0.1) is 0 Å². The van der Waals surface area contributed by atoms with E-state index in [2.05, 4.69) is 13.8 Å². The molecule has 21 heavy (non-hydrogen) atoms. The number of carbonyl (C=O) groups excluding carboxylic acids is 1. The molecule has 0 radical (unpaired) electrons. The van der Waals surface area contributed by atoms with Gasteiger partial charge in [-0.25, -0.2) is 0 Å². The number of nitrogens with zero attached hydrogens (tertiary/aromatic N) is 1. The number of carbonyl (C=O) groups is 2. The predicted octanol–water partition coefficient (Wildman–Crippen LogP) is 2.24. The van der Waals surface area contributed by atoms with E-state index in [4.69, 9.17) is 10.8 Å². The van der Waals surface area contributed by atoms with E-state index in [1.54, 1.807) is 0 Å². The van der Waals surface area contributed by atoms with Crippen LogP contribution in [0.1, 0.15) is 58.8 Å². The molecule has 5 nitrogen and oxygen atoms in total. The highest BCUT2D eigenvalue weighted by molar-refractivity contribution is 5.77. The van der Waals surface area contributed by atoms with Gasteiger partial charge in [0.2, 0.25) is 5.91 Å². The highest BCUT2D eigenvalue weighted by atomic mass is 16.4. The second kappa shape index (κ2) is 9.03. The normalized spacial score (nSPS) is 20.6. The number of hydrogen-bond donors (Lipinski definition) is 2. The molecule has 1 amide bonds. The maximum absolute atomic E-state index is 12.5. The molecule has 0 saturated carbocycles. The molecular formula is C16H30N2O3. The summed E-state index contributed by atoms with van der Waals surface area (Å²) in [6.45, 7) is 5.59. The zero-order valence-electron chi connectivity index (χ0n) is 13.4. The molecule has 2 unspecified atom stereocenters. The van der Waals surface area contributed by atoms with Crippen molar-refractivity contribution >= 4 is 11.9 Å². The van der Waals surface area contributed by atoms with Gasteiger partial charge in [-0.1, -0.05) is 13.8 Å². The topological polar surface area (TPSA) is 83.6 Å². The number of piperidine rings is 1. The van der Waals surface area contributed by atoms with Crippen LogP contribution in [0.15, 0.2) is 0 Å². The van der Waals surface area contributed by atoms with Crippen LogP contribution in [0.2, 0.25) is 0 Å². The molecule has 1 aliphatic heterocycles. The first kappa shape index (κ1) is 18.0. The number of carboxylic acid groups (broad SMARTS) is 1. The molecule has 0 bridgehead atoms. The number of carboxylic acids is 1. The first-order valence-electron chi connectivity index (χ1n) is 8.15. The van der Waals surface area contributed by atoms with Gasteiger partial charge in [0.05, 0.1) is 0 Å². The average Bonchev–Trinajstić information content (AvgIpc) is 2.44. The molecule has 0 aromatic heterocycles. The SMILES string of the molecule is CC(C)CC(CN)CC(=O)N1CCCCC1CCC(=O)O. The second-order valence-corrected chi connectivity index (χ2v) is 6.60. The Hall–Kier alpha value is -1.10. The van der Waals surface area contributed by atoms with Crippen molar-refractivity contribution in [1.82, 2.24) is 4.90 Å². The number of aliphatic carboxylic acids is 1. The summed E-state index contributed by atoms with van der Waals surface area (Å²) >= 11 is 0. The summed E-state index contributed by atoms with van der Waals surface area (Å²) in [7, 11) is 0. The number of amides is 1. The molecule has 1 saturated heterocycles. The monoisotopic (exact) mass is 298 g/mol. The lowest BCUT2D eigenvalue weighted by Gasteiger charge is -2.36. The Balaban J connectivity index is 2.56. The largest absolute Gasteiger partial charge is 0.481 e. The van der Waals surface area contributed by atoms with Crippen LogP contribution in [-0.2, 0) is 9.59 Å². The van der Waals surface area contributed by atoms with Crippen LogP contribution >= 0.6 is 0 Å². The molecule has 1 fully saturated rings. The minimum absolute atomic E-state index is 0.0971. The van der Waals surface area contributed by atoms with E-state index >= 15 is 0 Å². The van der Waals surface area contributed by atoms with Gasteiger partial charge in [0.1, 0.15) is 0 Å². The Labute approximate surface area is 127 Å². The third-order valence-corrected chi connectivity index (χ3v) is 4.24. The summed E-state index contributed by atoms with van der Waals surface area (Å²) in [6, 6.07) is 0.0971. The molecular weight excluding hydrogens is 268 g/mol. The second-order valence-electron chi connectivity index (χ2n) is 6.60. The molecule has 2 atom stereocenters. The Morgan fingerprint density at radius 1 is 1.33 bits per heavy atom. The zero-order valence-corrected chi connectivity index (χ0v) is 13.4. The Morgan fingerprint density at radius 3 is 2.62 bits per heavy atom. The van der Waals surface area contributed by atoms with E-state index in [9.17, 15) is 9.59 Å². The summed E-state index contributed by atoms with van der Waals surface area (Å²) in [5.74, 6) is 0.142. The van der Waals surface area contributed by atoms with Gasteiger partial charge in [0.25, 0.3) is 0 Å². The van der Waals surface area contributed by atoms with Gasteiger partial charge in [-0.05, 0) is 50.5 Å². The van der Waals surface area contributed by atoms with Crippen molar-refractivity contribution in [2.75, 3.05) is 13.1 Å². The molecule has 0 aromatic rings. The van der Waals surface area contributed by atoms with Gasteiger partial charge in [-0.2, -0.15) is 0 Å². The van der Waals surface area contributed by atoms with Crippen molar-refractivity contribution < 1.29 is 14.7 Å². The first-order valence-corrected chi connectivity index (χ1v) is 8.15. The standard InChI is InChI=1S/C16H30N2O3/c1-12(2)9-13(11-17)10-15(19)18-8-4-3-5-14(18)6-7-16(20)21/h12-14H,3-11,17H2,1-2H3,(H,20,21). The van der Waals surface area contributed by atoms with Crippen LogP contribution in [0.3, 0.4) is 0 Å². The lowest BCUT2D eigenvalue weighted by atomic mass is 9.92. The molecule has 3 N–H and O–H groups in total. The smallest absolute Gasteiger partial charge is 0.303 e. The summed E-state index contributed by atoms with van der Waals surface area (Å²) in [6.07, 6.45) is 5.21. The minimum atomic E-state index is -0.785. The zero-order chi connectivity index (χ0) is 15.8. The van der Waals surface area contributed by atoms with Gasteiger partial charge < -0.3 is 15.7 Å². The van der Waals surface area contributed by atoms with Crippen molar-refractivity contribution in [3.8, 4) is 0 Å². The Bertz CT molecular complexity index is 344. The average molecular weight is 298 g/mol. The van der Waals surface area contributed by atoms with Crippen molar-refractivity contribution in [3.63, 3.8) is 0 Å². The Morgan fingerprint density at radius 2 is 2.05 bits per heavy atom. The fourth-order valence-corrected chi connectivity index (χ4v) is 3.21. The number of likely N-dealkylation sites (tertiary alicyclic amines) is 1. The van der Waals surface area contributed by atoms with Crippen LogP contribution < -0.4 is 5.73 Å². The summed E-state index contributed by atoms with van der Waals surface area (Å²) in [5, 5.41) is 8.83. The number of rotatable bonds is 8. The summed E-state index contributed by atoms with van der Waals surface area (Å²) in [4.78, 5) is 25.2. The molecule has 1 rings (SSSR count). The van der Waals surface area contributed by atoms with E-state index in [1.807, 2.05) is 4.90 Å². The van der Waals surface area contributed by atoms with Crippen LogP contribution in [0.4, 0.5) is 0 Å². The fraction of sp³-hybridized carbons (Fsp3) is 0.875. The number of hydrogen-bond acceptors (Lipinski definition) is 3. The molecule has 122 valence electrons. The van der Waals surface area contributed by atoms with Crippen molar-refractivity contribution in [2.45, 2.75) is 64.8 Å². The van der Waals surface area contributed by atoms with Gasteiger partial charge in [0.15, 0.2) is 0 Å². The van der Waals surface area contributed by atoms with Crippen molar-refractivity contribution in [3.05, 3.63) is 0 Å².